The second-order valence-corrected chi connectivity index (χ2v) is 10.4. The molecule has 1 saturated heterocycles. The molecular weight excluding hydrogens is 476 g/mol. The van der Waals surface area contributed by atoms with E-state index < -0.39 is 0 Å². The van der Waals surface area contributed by atoms with Crippen molar-refractivity contribution in [1.82, 2.24) is 14.9 Å². The van der Waals surface area contributed by atoms with Crippen LogP contribution in [-0.2, 0) is 5.41 Å². The minimum Gasteiger partial charge on any atom is -0.351 e. The third kappa shape index (κ3) is 2.87. The summed E-state index contributed by atoms with van der Waals surface area (Å²) in [5, 5.41) is 4.74. The Bertz CT molecular complexity index is 1860. The van der Waals surface area contributed by atoms with Crippen molar-refractivity contribution in [2.75, 3.05) is 11.9 Å². The lowest BCUT2D eigenvalue weighted by Gasteiger charge is -2.29. The monoisotopic (exact) mass is 498 g/mol. The number of H-pyrrole nitrogens is 2. The van der Waals surface area contributed by atoms with E-state index in [0.717, 1.165) is 45.1 Å². The van der Waals surface area contributed by atoms with Gasteiger partial charge < -0.3 is 20.2 Å². The van der Waals surface area contributed by atoms with Gasteiger partial charge in [-0.1, -0.05) is 42.5 Å². The molecule has 7 nitrogen and oxygen atoms in total. The first-order chi connectivity index (χ1) is 18.5. The van der Waals surface area contributed by atoms with E-state index in [0.29, 0.717) is 29.5 Å². The Balaban J connectivity index is 1.07. The van der Waals surface area contributed by atoms with Crippen LogP contribution in [0, 0.1) is 5.92 Å². The molecule has 1 spiro atoms. The molecule has 2 aromatic heterocycles. The van der Waals surface area contributed by atoms with Crippen LogP contribution in [0.15, 0.2) is 90.6 Å². The van der Waals surface area contributed by atoms with Gasteiger partial charge in [0.2, 0.25) is 0 Å². The number of anilines is 1. The van der Waals surface area contributed by atoms with Gasteiger partial charge in [-0.15, -0.1) is 0 Å². The number of likely N-dealkylation sites (tertiary alicyclic amines) is 1. The van der Waals surface area contributed by atoms with Gasteiger partial charge in [-0.25, -0.2) is 0 Å². The smallest absolute Gasteiger partial charge is 0.274 e. The molecule has 5 aromatic rings. The Labute approximate surface area is 217 Å². The van der Waals surface area contributed by atoms with Crippen LogP contribution in [0.2, 0.25) is 0 Å². The first-order valence-electron chi connectivity index (χ1n) is 12.7. The molecule has 3 heterocycles. The topological polar surface area (TPSA) is 98.1 Å². The molecule has 2 fully saturated rings. The zero-order chi connectivity index (χ0) is 25.6. The van der Waals surface area contributed by atoms with Crippen LogP contribution < -0.4 is 5.32 Å². The number of para-hydroxylation sites is 1. The van der Waals surface area contributed by atoms with Gasteiger partial charge in [0.15, 0.2) is 5.78 Å². The molecule has 0 radical (unpaired) electrons. The fraction of sp³-hybridized carbons (Fsp3) is 0.129. The highest BCUT2D eigenvalue weighted by atomic mass is 16.2. The van der Waals surface area contributed by atoms with E-state index in [4.69, 9.17) is 0 Å². The number of hydrogen-bond donors (Lipinski definition) is 3. The molecule has 38 heavy (non-hydrogen) atoms. The number of ketones is 1. The predicted molar refractivity (Wildman–Crippen MR) is 144 cm³/mol. The molecule has 1 unspecified atom stereocenters. The maximum atomic E-state index is 13.7. The van der Waals surface area contributed by atoms with E-state index in [1.165, 1.54) is 0 Å². The van der Waals surface area contributed by atoms with E-state index in [9.17, 15) is 14.4 Å². The van der Waals surface area contributed by atoms with Crippen LogP contribution in [0.25, 0.3) is 21.8 Å². The summed E-state index contributed by atoms with van der Waals surface area (Å²) in [5.41, 5.74) is 5.69. The third-order valence-electron chi connectivity index (χ3n) is 8.33. The van der Waals surface area contributed by atoms with Gasteiger partial charge in [-0.3, -0.25) is 14.4 Å². The molecule has 2 atom stereocenters. The van der Waals surface area contributed by atoms with Crippen molar-refractivity contribution < 1.29 is 14.4 Å². The van der Waals surface area contributed by atoms with Crippen LogP contribution in [0.3, 0.4) is 0 Å². The number of fused-ring (bicyclic) bond motifs is 3. The van der Waals surface area contributed by atoms with E-state index >= 15 is 0 Å². The van der Waals surface area contributed by atoms with E-state index in [1.807, 2.05) is 78.9 Å². The summed E-state index contributed by atoms with van der Waals surface area (Å²) in [6.07, 6.45) is 2.63. The molecular formula is C31H22N4O3. The Kier molecular flexibility index (Phi) is 4.08. The highest BCUT2D eigenvalue weighted by molar-refractivity contribution is 6.10. The highest BCUT2D eigenvalue weighted by Gasteiger charge is 2.67. The minimum absolute atomic E-state index is 0.0430. The Morgan fingerprint density at radius 2 is 1.63 bits per heavy atom. The summed E-state index contributed by atoms with van der Waals surface area (Å²) in [7, 11) is 0. The Morgan fingerprint density at radius 1 is 0.868 bits per heavy atom. The molecule has 3 aliphatic rings. The quantitative estimate of drug-likeness (QED) is 0.311. The second-order valence-electron chi connectivity index (χ2n) is 10.4. The van der Waals surface area contributed by atoms with Crippen molar-refractivity contribution in [2.24, 2.45) is 5.92 Å². The first-order valence-corrected chi connectivity index (χ1v) is 12.7. The molecule has 3 N–H and O–H groups in total. The number of benzene rings is 3. The summed E-state index contributed by atoms with van der Waals surface area (Å²) in [6, 6.07) is 24.7. The third-order valence-corrected chi connectivity index (χ3v) is 8.33. The molecule has 1 saturated carbocycles. The number of nitrogens with one attached hydrogen (secondary N) is 3. The number of hydrogen-bond acceptors (Lipinski definition) is 3. The number of aromatic nitrogens is 2. The lowest BCUT2D eigenvalue weighted by molar-refractivity contribution is 0.0806. The lowest BCUT2D eigenvalue weighted by atomic mass is 9.81. The van der Waals surface area contributed by atoms with Gasteiger partial charge in [0.25, 0.3) is 11.8 Å². The zero-order valence-corrected chi connectivity index (χ0v) is 20.2. The molecule has 1 aliphatic heterocycles. The molecule has 8 rings (SSSR count). The maximum Gasteiger partial charge on any atom is 0.274 e. The van der Waals surface area contributed by atoms with Crippen molar-refractivity contribution in [3.05, 3.63) is 113 Å². The number of aromatic amines is 2. The van der Waals surface area contributed by atoms with Crippen molar-refractivity contribution >= 4 is 45.1 Å². The SMILES string of the molecule is O=C(Nc1ccc2[nH]c(C(=O)N3CC4C[C@]45C3=CC(=O)c3ccccc35)cc2c1)c1cc2ccccc2[nH]1. The van der Waals surface area contributed by atoms with Gasteiger partial charge in [-0.2, -0.15) is 0 Å². The highest BCUT2D eigenvalue weighted by Crippen LogP contribution is 2.66. The molecule has 7 heteroatoms. The van der Waals surface area contributed by atoms with Crippen LogP contribution in [0.5, 0.6) is 0 Å². The number of nitrogens with zero attached hydrogens (tertiary/aromatic N) is 1. The van der Waals surface area contributed by atoms with Gasteiger partial charge >= 0.3 is 0 Å². The van der Waals surface area contributed by atoms with Crippen LogP contribution in [0.1, 0.15) is 43.3 Å². The van der Waals surface area contributed by atoms with Crippen molar-refractivity contribution in [3.8, 4) is 0 Å². The molecule has 184 valence electrons. The molecule has 3 aromatic carbocycles. The number of carbonyl (C=O) groups excluding carboxylic acids is 3. The minimum atomic E-state index is -0.233. The van der Waals surface area contributed by atoms with Crippen LogP contribution in [-0.4, -0.2) is 39.0 Å². The average molecular weight is 499 g/mol. The number of rotatable bonds is 3. The Hall–Kier alpha value is -4.91. The van der Waals surface area contributed by atoms with E-state index in [-0.39, 0.29) is 23.0 Å². The summed E-state index contributed by atoms with van der Waals surface area (Å²) in [6.45, 7) is 0.605. The number of piperidine rings is 1. The zero-order valence-electron chi connectivity index (χ0n) is 20.2. The summed E-state index contributed by atoms with van der Waals surface area (Å²) in [5.74, 6) is -0.0839. The number of carbonyl (C=O) groups is 3. The second kappa shape index (κ2) is 7.32. The largest absolute Gasteiger partial charge is 0.351 e. The summed E-state index contributed by atoms with van der Waals surface area (Å²) >= 11 is 0. The lowest BCUT2D eigenvalue weighted by Crippen LogP contribution is -2.33. The van der Waals surface area contributed by atoms with E-state index in [2.05, 4.69) is 15.3 Å². The molecule has 0 bridgehead atoms. The maximum absolute atomic E-state index is 13.7. The predicted octanol–water partition coefficient (Wildman–Crippen LogP) is 5.40. The number of allylic oxidation sites excluding steroid dienone is 2. The van der Waals surface area contributed by atoms with Gasteiger partial charge in [-0.05, 0) is 54.3 Å². The van der Waals surface area contributed by atoms with E-state index in [1.54, 1.807) is 11.0 Å². The van der Waals surface area contributed by atoms with Gasteiger partial charge in [0.1, 0.15) is 11.4 Å². The van der Waals surface area contributed by atoms with Crippen molar-refractivity contribution in [3.63, 3.8) is 0 Å². The van der Waals surface area contributed by atoms with Gasteiger partial charge in [0, 0.05) is 56.8 Å². The first kappa shape index (κ1) is 21.2. The Morgan fingerprint density at radius 3 is 2.53 bits per heavy atom. The fourth-order valence-electron chi connectivity index (χ4n) is 6.44. The average Bonchev–Trinajstić information content (AvgIpc) is 3.25. The van der Waals surface area contributed by atoms with Crippen LogP contribution >= 0.6 is 0 Å². The van der Waals surface area contributed by atoms with Gasteiger partial charge in [0.05, 0.1) is 0 Å². The van der Waals surface area contributed by atoms with Crippen molar-refractivity contribution in [1.29, 1.82) is 0 Å². The molecule has 2 aliphatic carbocycles. The van der Waals surface area contributed by atoms with Crippen molar-refractivity contribution in [2.45, 2.75) is 11.8 Å². The summed E-state index contributed by atoms with van der Waals surface area (Å²) in [4.78, 5) is 47.5. The normalized spacial score (nSPS) is 21.2. The summed E-state index contributed by atoms with van der Waals surface area (Å²) < 4.78 is 0. The number of amides is 2. The standard InChI is InChI=1S/C31H22N4O3/c36-27-14-28-31(22-7-3-2-6-21(22)27)15-19(31)16-35(28)30(38)26-13-18-11-20(9-10-24(18)34-26)32-29(37)25-12-17-5-1-4-8-23(17)33-25/h1-14,19,33-34H,15-16H2,(H,32,37)/t19?,31-/m0/s1. The fourth-order valence-corrected chi connectivity index (χ4v) is 6.44. The molecule has 2 amide bonds. The van der Waals surface area contributed by atoms with Crippen LogP contribution in [0.4, 0.5) is 5.69 Å².